The van der Waals surface area contributed by atoms with E-state index in [0.29, 0.717) is 18.4 Å². The molecule has 2 rings (SSSR count). The minimum absolute atomic E-state index is 0.648. The Morgan fingerprint density at radius 2 is 2.39 bits per heavy atom. The summed E-state index contributed by atoms with van der Waals surface area (Å²) < 4.78 is 5.47. The van der Waals surface area contributed by atoms with E-state index >= 15 is 0 Å². The number of allylic oxidation sites excluding steroid dienone is 1. The molecule has 0 radical (unpaired) electrons. The van der Waals surface area contributed by atoms with Gasteiger partial charge in [-0.05, 0) is 32.1 Å². The Balaban J connectivity index is 1.77. The third-order valence-corrected chi connectivity index (χ3v) is 2.95. The van der Waals surface area contributed by atoms with E-state index in [4.69, 9.17) is 4.74 Å². The smallest absolute Gasteiger partial charge is 0.225 e. The van der Waals surface area contributed by atoms with E-state index in [-0.39, 0.29) is 0 Å². The van der Waals surface area contributed by atoms with Gasteiger partial charge in [-0.2, -0.15) is 4.98 Å². The summed E-state index contributed by atoms with van der Waals surface area (Å²) in [5.74, 6) is 1.30. The van der Waals surface area contributed by atoms with Crippen LogP contribution in [0.25, 0.3) is 0 Å². The molecule has 4 nitrogen and oxygen atoms in total. The van der Waals surface area contributed by atoms with Gasteiger partial charge in [-0.1, -0.05) is 18.6 Å². The Hall–Kier alpha value is -1.58. The maximum atomic E-state index is 5.47. The predicted octanol–water partition coefficient (Wildman–Crippen LogP) is 3.18. The molecule has 4 heteroatoms. The third-order valence-electron chi connectivity index (χ3n) is 2.95. The summed E-state index contributed by atoms with van der Waals surface area (Å²) in [4.78, 5) is 8.50. The van der Waals surface area contributed by atoms with Crippen LogP contribution in [0.2, 0.25) is 0 Å². The fourth-order valence-electron chi connectivity index (χ4n) is 2.01. The van der Waals surface area contributed by atoms with E-state index in [9.17, 15) is 0 Å². The molecule has 0 amide bonds. The predicted molar refractivity (Wildman–Crippen MR) is 72.9 cm³/mol. The lowest BCUT2D eigenvalue weighted by Gasteiger charge is -2.07. The maximum absolute atomic E-state index is 5.47. The van der Waals surface area contributed by atoms with Crippen LogP contribution in [0.5, 0.6) is 5.88 Å². The van der Waals surface area contributed by atoms with Crippen LogP contribution in [0.1, 0.15) is 39.0 Å². The average molecular weight is 247 g/mol. The summed E-state index contributed by atoms with van der Waals surface area (Å²) in [6.45, 7) is 3.67. The molecule has 0 aliphatic heterocycles. The van der Waals surface area contributed by atoms with Crippen molar-refractivity contribution < 1.29 is 4.74 Å². The number of hydrogen-bond donors (Lipinski definition) is 1. The van der Waals surface area contributed by atoms with E-state index < -0.39 is 0 Å². The number of rotatable bonds is 7. The first-order valence-corrected chi connectivity index (χ1v) is 6.76. The lowest BCUT2D eigenvalue weighted by Crippen LogP contribution is -2.07. The molecule has 98 valence electrons. The number of ether oxygens (including phenoxy) is 1. The summed E-state index contributed by atoms with van der Waals surface area (Å²) >= 11 is 0. The summed E-state index contributed by atoms with van der Waals surface area (Å²) in [5, 5.41) is 3.25. The van der Waals surface area contributed by atoms with Crippen molar-refractivity contribution in [1.82, 2.24) is 9.97 Å². The third kappa shape index (κ3) is 4.02. The first kappa shape index (κ1) is 12.9. The van der Waals surface area contributed by atoms with Gasteiger partial charge in [0.15, 0.2) is 0 Å². The van der Waals surface area contributed by atoms with Crippen molar-refractivity contribution >= 4 is 5.95 Å². The second-order valence-electron chi connectivity index (χ2n) is 4.50. The molecule has 1 aliphatic rings. The molecule has 1 aliphatic carbocycles. The van der Waals surface area contributed by atoms with Gasteiger partial charge in [-0.25, -0.2) is 4.98 Å². The molecule has 18 heavy (non-hydrogen) atoms. The van der Waals surface area contributed by atoms with Crippen LogP contribution in [-0.4, -0.2) is 23.1 Å². The van der Waals surface area contributed by atoms with E-state index in [1.54, 1.807) is 17.8 Å². The number of anilines is 1. The van der Waals surface area contributed by atoms with E-state index in [0.717, 1.165) is 19.4 Å². The van der Waals surface area contributed by atoms with Gasteiger partial charge in [0, 0.05) is 18.8 Å². The number of nitrogens with one attached hydrogen (secondary N) is 1. The van der Waals surface area contributed by atoms with Crippen LogP contribution >= 0.6 is 0 Å². The van der Waals surface area contributed by atoms with Crippen molar-refractivity contribution in [2.75, 3.05) is 18.5 Å². The molecule has 1 heterocycles. The quantitative estimate of drug-likeness (QED) is 0.752. The van der Waals surface area contributed by atoms with Gasteiger partial charge >= 0.3 is 0 Å². The highest BCUT2D eigenvalue weighted by molar-refractivity contribution is 5.27. The molecule has 0 unspecified atom stereocenters. The Bertz CT molecular complexity index is 404. The topological polar surface area (TPSA) is 47.0 Å². The zero-order valence-corrected chi connectivity index (χ0v) is 11.0. The van der Waals surface area contributed by atoms with Crippen LogP contribution in [0.15, 0.2) is 23.9 Å². The minimum atomic E-state index is 0.648. The molecule has 1 N–H and O–H groups in total. The normalized spacial score (nSPS) is 14.4. The lowest BCUT2D eigenvalue weighted by atomic mass is 10.2. The first-order chi connectivity index (χ1) is 8.88. The highest BCUT2D eigenvalue weighted by Gasteiger charge is 2.04. The Morgan fingerprint density at radius 3 is 3.17 bits per heavy atom. The molecule has 0 fully saturated rings. The number of nitrogens with zero attached hydrogens (tertiary/aromatic N) is 2. The van der Waals surface area contributed by atoms with Crippen LogP contribution in [0.4, 0.5) is 5.95 Å². The zero-order valence-electron chi connectivity index (χ0n) is 11.0. The lowest BCUT2D eigenvalue weighted by molar-refractivity contribution is 0.305. The van der Waals surface area contributed by atoms with Gasteiger partial charge < -0.3 is 10.1 Å². The van der Waals surface area contributed by atoms with Crippen molar-refractivity contribution in [2.24, 2.45) is 0 Å². The Kier molecular flexibility index (Phi) is 5.00. The molecule has 0 aromatic carbocycles. The van der Waals surface area contributed by atoms with E-state index in [1.807, 2.05) is 0 Å². The summed E-state index contributed by atoms with van der Waals surface area (Å²) in [7, 11) is 0. The molecule has 1 aromatic heterocycles. The number of hydrogen-bond acceptors (Lipinski definition) is 4. The molecule has 1 aromatic rings. The monoisotopic (exact) mass is 247 g/mol. The van der Waals surface area contributed by atoms with E-state index in [2.05, 4.69) is 28.3 Å². The average Bonchev–Trinajstić information content (AvgIpc) is 2.90. The summed E-state index contributed by atoms with van der Waals surface area (Å²) in [5.41, 5.74) is 1.56. The van der Waals surface area contributed by atoms with Crippen LogP contribution < -0.4 is 10.1 Å². The number of aromatic nitrogens is 2. The van der Waals surface area contributed by atoms with Crippen molar-refractivity contribution in [2.45, 2.75) is 39.0 Å². The molecular weight excluding hydrogens is 226 g/mol. The van der Waals surface area contributed by atoms with Crippen LogP contribution in [0, 0.1) is 0 Å². The standard InChI is InChI=1S/C14H21N3O/c1-2-11-18-13-8-10-16-14(17-13)15-9-7-12-5-3-4-6-12/h5,8,10H,2-4,6-7,9,11H2,1H3,(H,15,16,17). The second kappa shape index (κ2) is 6.99. The van der Waals surface area contributed by atoms with Gasteiger partial charge in [0.05, 0.1) is 6.61 Å². The highest BCUT2D eigenvalue weighted by Crippen LogP contribution is 2.20. The molecule has 0 saturated carbocycles. The van der Waals surface area contributed by atoms with Gasteiger partial charge in [0.2, 0.25) is 11.8 Å². The van der Waals surface area contributed by atoms with Gasteiger partial charge in [0.25, 0.3) is 0 Å². The molecule has 0 spiro atoms. The summed E-state index contributed by atoms with van der Waals surface area (Å²) in [6.07, 6.45) is 9.96. The SMILES string of the molecule is CCCOc1ccnc(NCCC2=CCCC2)n1. The first-order valence-electron chi connectivity index (χ1n) is 6.76. The van der Waals surface area contributed by atoms with E-state index in [1.165, 1.54) is 19.3 Å². The van der Waals surface area contributed by atoms with Crippen molar-refractivity contribution in [3.05, 3.63) is 23.9 Å². The van der Waals surface area contributed by atoms with Gasteiger partial charge in [-0.3, -0.25) is 0 Å². The van der Waals surface area contributed by atoms with Crippen molar-refractivity contribution in [3.63, 3.8) is 0 Å². The zero-order chi connectivity index (χ0) is 12.6. The maximum Gasteiger partial charge on any atom is 0.225 e. The second-order valence-corrected chi connectivity index (χ2v) is 4.50. The fourth-order valence-corrected chi connectivity index (χ4v) is 2.01. The van der Waals surface area contributed by atoms with Crippen LogP contribution in [0.3, 0.4) is 0 Å². The van der Waals surface area contributed by atoms with Crippen molar-refractivity contribution in [1.29, 1.82) is 0 Å². The summed E-state index contributed by atoms with van der Waals surface area (Å²) in [6, 6.07) is 1.79. The van der Waals surface area contributed by atoms with Crippen molar-refractivity contribution in [3.8, 4) is 5.88 Å². The molecular formula is C14H21N3O. The minimum Gasteiger partial charge on any atom is -0.478 e. The fraction of sp³-hybridized carbons (Fsp3) is 0.571. The van der Waals surface area contributed by atoms with Gasteiger partial charge in [0.1, 0.15) is 0 Å². The Labute approximate surface area is 108 Å². The highest BCUT2D eigenvalue weighted by atomic mass is 16.5. The van der Waals surface area contributed by atoms with Gasteiger partial charge in [-0.15, -0.1) is 0 Å². The Morgan fingerprint density at radius 1 is 1.44 bits per heavy atom. The van der Waals surface area contributed by atoms with Crippen LogP contribution in [-0.2, 0) is 0 Å². The molecule has 0 saturated heterocycles. The molecule has 0 atom stereocenters. The largest absolute Gasteiger partial charge is 0.478 e. The molecule has 0 bridgehead atoms.